The summed E-state index contributed by atoms with van der Waals surface area (Å²) >= 11 is 6.13. The molecule has 0 aliphatic rings. The lowest BCUT2D eigenvalue weighted by molar-refractivity contribution is 0.184. The number of nitrogens with zero attached hydrogens (tertiary/aromatic N) is 4. The van der Waals surface area contributed by atoms with Crippen molar-refractivity contribution >= 4 is 22.8 Å². The molecular formula is C24H25ClN4O3. The van der Waals surface area contributed by atoms with E-state index in [0.29, 0.717) is 34.3 Å². The number of imidazole rings is 1. The monoisotopic (exact) mass is 452 g/mol. The zero-order valence-corrected chi connectivity index (χ0v) is 19.0. The van der Waals surface area contributed by atoms with Crippen LogP contribution in [0.1, 0.15) is 30.9 Å². The largest absolute Gasteiger partial charge is 0.383 e. The van der Waals surface area contributed by atoms with Crippen LogP contribution >= 0.6 is 11.6 Å². The SMILES string of the molecule is COCCn1c(=O)c2c(ncn2Cc2cccc(Cl)c2)n(-c2ccc(C(C)C)cc2)c1=O. The molecule has 0 unspecified atom stereocenters. The fraction of sp³-hybridized carbons (Fsp3) is 0.292. The molecule has 4 aromatic rings. The van der Waals surface area contributed by atoms with Gasteiger partial charge in [-0.1, -0.05) is 49.7 Å². The lowest BCUT2D eigenvalue weighted by Gasteiger charge is -2.13. The molecule has 166 valence electrons. The van der Waals surface area contributed by atoms with Gasteiger partial charge in [0.05, 0.1) is 25.2 Å². The number of fused-ring (bicyclic) bond motifs is 1. The second-order valence-electron chi connectivity index (χ2n) is 7.99. The summed E-state index contributed by atoms with van der Waals surface area (Å²) in [6.07, 6.45) is 1.59. The van der Waals surface area contributed by atoms with Gasteiger partial charge in [-0.05, 0) is 41.3 Å². The molecule has 0 saturated heterocycles. The summed E-state index contributed by atoms with van der Waals surface area (Å²) in [5.41, 5.74) is 2.60. The molecule has 0 bridgehead atoms. The number of hydrogen-bond donors (Lipinski definition) is 0. The van der Waals surface area contributed by atoms with E-state index in [4.69, 9.17) is 16.3 Å². The Labute approximate surface area is 190 Å². The Bertz CT molecular complexity index is 1370. The molecule has 0 atom stereocenters. The Hall–Kier alpha value is -3.16. The maximum Gasteiger partial charge on any atom is 0.337 e. The Morgan fingerprint density at radius 1 is 1.09 bits per heavy atom. The molecule has 2 heterocycles. The zero-order valence-electron chi connectivity index (χ0n) is 18.3. The molecule has 0 aliphatic heterocycles. The zero-order chi connectivity index (χ0) is 22.8. The molecule has 32 heavy (non-hydrogen) atoms. The van der Waals surface area contributed by atoms with Crippen molar-refractivity contribution in [3.63, 3.8) is 0 Å². The topological polar surface area (TPSA) is 71.1 Å². The Morgan fingerprint density at radius 2 is 1.84 bits per heavy atom. The van der Waals surface area contributed by atoms with E-state index in [0.717, 1.165) is 11.1 Å². The maximum absolute atomic E-state index is 13.3. The number of aromatic nitrogens is 4. The first-order valence-corrected chi connectivity index (χ1v) is 10.8. The van der Waals surface area contributed by atoms with E-state index in [1.165, 1.54) is 16.2 Å². The van der Waals surface area contributed by atoms with Gasteiger partial charge in [0.2, 0.25) is 0 Å². The van der Waals surface area contributed by atoms with Crippen LogP contribution in [0.5, 0.6) is 0 Å². The predicted octanol–water partition coefficient (Wildman–Crippen LogP) is 3.82. The van der Waals surface area contributed by atoms with Crippen molar-refractivity contribution in [1.29, 1.82) is 0 Å². The molecule has 8 heteroatoms. The van der Waals surface area contributed by atoms with E-state index < -0.39 is 11.2 Å². The van der Waals surface area contributed by atoms with Gasteiger partial charge >= 0.3 is 5.69 Å². The van der Waals surface area contributed by atoms with Crippen LogP contribution in [0.15, 0.2) is 64.4 Å². The third-order valence-corrected chi connectivity index (χ3v) is 5.71. The minimum absolute atomic E-state index is 0.149. The average molecular weight is 453 g/mol. The summed E-state index contributed by atoms with van der Waals surface area (Å²) in [5, 5.41) is 0.617. The maximum atomic E-state index is 13.3. The van der Waals surface area contributed by atoms with Crippen LogP contribution < -0.4 is 11.2 Å². The summed E-state index contributed by atoms with van der Waals surface area (Å²) in [4.78, 5) is 31.1. The highest BCUT2D eigenvalue weighted by molar-refractivity contribution is 6.30. The summed E-state index contributed by atoms with van der Waals surface area (Å²) in [5.74, 6) is 0.369. The van der Waals surface area contributed by atoms with Crippen LogP contribution in [-0.4, -0.2) is 32.4 Å². The molecule has 0 saturated carbocycles. The highest BCUT2D eigenvalue weighted by Gasteiger charge is 2.19. The summed E-state index contributed by atoms with van der Waals surface area (Å²) in [6.45, 7) is 5.02. The van der Waals surface area contributed by atoms with Gasteiger partial charge in [-0.15, -0.1) is 0 Å². The Morgan fingerprint density at radius 3 is 2.50 bits per heavy atom. The molecular weight excluding hydrogens is 428 g/mol. The van der Waals surface area contributed by atoms with Gasteiger partial charge in [0.15, 0.2) is 11.2 Å². The van der Waals surface area contributed by atoms with Gasteiger partial charge < -0.3 is 9.30 Å². The fourth-order valence-electron chi connectivity index (χ4n) is 3.75. The van der Waals surface area contributed by atoms with E-state index in [1.54, 1.807) is 17.0 Å². The van der Waals surface area contributed by atoms with E-state index in [1.807, 2.05) is 42.5 Å². The molecule has 0 N–H and O–H groups in total. The Balaban J connectivity index is 1.93. The predicted molar refractivity (Wildman–Crippen MR) is 126 cm³/mol. The van der Waals surface area contributed by atoms with E-state index in [9.17, 15) is 9.59 Å². The molecule has 2 aromatic heterocycles. The van der Waals surface area contributed by atoms with Crippen LogP contribution in [-0.2, 0) is 17.8 Å². The molecule has 0 fully saturated rings. The van der Waals surface area contributed by atoms with Gasteiger partial charge in [0.25, 0.3) is 5.56 Å². The van der Waals surface area contributed by atoms with Gasteiger partial charge in [-0.2, -0.15) is 0 Å². The quantitative estimate of drug-likeness (QED) is 0.427. The number of hydrogen-bond acceptors (Lipinski definition) is 4. The first-order chi connectivity index (χ1) is 15.4. The van der Waals surface area contributed by atoms with Crippen molar-refractivity contribution in [2.24, 2.45) is 0 Å². The molecule has 4 rings (SSSR count). The third kappa shape index (κ3) is 4.13. The van der Waals surface area contributed by atoms with Gasteiger partial charge in [-0.3, -0.25) is 9.36 Å². The molecule has 0 aliphatic carbocycles. The summed E-state index contributed by atoms with van der Waals surface area (Å²) < 4.78 is 9.58. The normalized spacial score (nSPS) is 11.5. The standard InChI is InChI=1S/C24H25ClN4O3/c1-16(2)18-7-9-20(10-8-18)29-22-21(23(30)28(24(29)31)11-12-32-3)27(15-26-22)14-17-5-4-6-19(25)13-17/h4-10,13,15-16H,11-12,14H2,1-3H3. The van der Waals surface area contributed by atoms with E-state index in [-0.39, 0.29) is 13.2 Å². The third-order valence-electron chi connectivity index (χ3n) is 5.48. The molecule has 7 nitrogen and oxygen atoms in total. The molecule has 0 amide bonds. The first kappa shape index (κ1) is 22.0. The van der Waals surface area contributed by atoms with Gasteiger partial charge in [0.1, 0.15) is 0 Å². The average Bonchev–Trinajstić information content (AvgIpc) is 3.17. The summed E-state index contributed by atoms with van der Waals surface area (Å²) in [7, 11) is 1.54. The van der Waals surface area contributed by atoms with Crippen molar-refractivity contribution < 1.29 is 4.74 Å². The van der Waals surface area contributed by atoms with Crippen LogP contribution in [0.25, 0.3) is 16.9 Å². The summed E-state index contributed by atoms with van der Waals surface area (Å²) in [6, 6.07) is 15.2. The number of methoxy groups -OCH3 is 1. The van der Waals surface area contributed by atoms with E-state index in [2.05, 4.69) is 18.8 Å². The van der Waals surface area contributed by atoms with Crippen molar-refractivity contribution in [2.75, 3.05) is 13.7 Å². The van der Waals surface area contributed by atoms with Crippen molar-refractivity contribution in [2.45, 2.75) is 32.9 Å². The fourth-order valence-corrected chi connectivity index (χ4v) is 3.97. The smallest absolute Gasteiger partial charge is 0.337 e. The minimum atomic E-state index is -0.440. The van der Waals surface area contributed by atoms with Crippen molar-refractivity contribution in [3.8, 4) is 5.69 Å². The van der Waals surface area contributed by atoms with Crippen LogP contribution in [0.2, 0.25) is 5.02 Å². The highest BCUT2D eigenvalue weighted by atomic mass is 35.5. The highest BCUT2D eigenvalue weighted by Crippen LogP contribution is 2.19. The number of ether oxygens (including phenoxy) is 1. The number of halogens is 1. The van der Waals surface area contributed by atoms with Crippen LogP contribution in [0, 0.1) is 0 Å². The van der Waals surface area contributed by atoms with Crippen molar-refractivity contribution in [3.05, 3.63) is 91.8 Å². The van der Waals surface area contributed by atoms with Crippen molar-refractivity contribution in [1.82, 2.24) is 18.7 Å². The number of benzene rings is 2. The molecule has 2 aromatic carbocycles. The second kappa shape index (κ2) is 9.14. The minimum Gasteiger partial charge on any atom is -0.383 e. The molecule has 0 spiro atoms. The van der Waals surface area contributed by atoms with E-state index >= 15 is 0 Å². The lowest BCUT2D eigenvalue weighted by atomic mass is 10.0. The molecule has 0 radical (unpaired) electrons. The van der Waals surface area contributed by atoms with Crippen LogP contribution in [0.4, 0.5) is 0 Å². The number of rotatable bonds is 7. The lowest BCUT2D eigenvalue weighted by Crippen LogP contribution is -2.41. The van der Waals surface area contributed by atoms with Gasteiger partial charge in [-0.25, -0.2) is 14.3 Å². The first-order valence-electron chi connectivity index (χ1n) is 10.4. The second-order valence-corrected chi connectivity index (χ2v) is 8.42. The Kier molecular flexibility index (Phi) is 6.30. The van der Waals surface area contributed by atoms with Crippen LogP contribution in [0.3, 0.4) is 0 Å². The van der Waals surface area contributed by atoms with Gasteiger partial charge in [0, 0.05) is 18.7 Å².